The van der Waals surface area contributed by atoms with Gasteiger partial charge in [0.2, 0.25) is 0 Å². The Morgan fingerprint density at radius 1 is 1.06 bits per heavy atom. The molecule has 1 heteroatoms. The van der Waals surface area contributed by atoms with E-state index in [9.17, 15) is 0 Å². The highest BCUT2D eigenvalue weighted by molar-refractivity contribution is 5.96. The lowest BCUT2D eigenvalue weighted by molar-refractivity contribution is 0.753. The van der Waals surface area contributed by atoms with Crippen LogP contribution >= 0.6 is 0 Å². The Labute approximate surface area is 104 Å². The molecular weight excluding hydrogens is 206 g/mol. The Kier molecular flexibility index (Phi) is 3.37. The summed E-state index contributed by atoms with van der Waals surface area (Å²) in [6.45, 7) is 6.70. The molecule has 0 aromatic heterocycles. The van der Waals surface area contributed by atoms with Gasteiger partial charge in [0.1, 0.15) is 0 Å². The van der Waals surface area contributed by atoms with Crippen molar-refractivity contribution in [3.05, 3.63) is 42.0 Å². The van der Waals surface area contributed by atoms with Crippen molar-refractivity contribution in [3.63, 3.8) is 0 Å². The SMILES string of the molecule is CCc1ccc2ccccc2c1N(C)C(C)C. The monoisotopic (exact) mass is 227 g/mol. The van der Waals surface area contributed by atoms with Crippen LogP contribution in [-0.2, 0) is 6.42 Å². The van der Waals surface area contributed by atoms with Crippen molar-refractivity contribution in [2.24, 2.45) is 0 Å². The third-order valence-electron chi connectivity index (χ3n) is 3.49. The summed E-state index contributed by atoms with van der Waals surface area (Å²) in [6, 6.07) is 13.6. The van der Waals surface area contributed by atoms with Gasteiger partial charge in [0.15, 0.2) is 0 Å². The lowest BCUT2D eigenvalue weighted by atomic mass is 10.0. The lowest BCUT2D eigenvalue weighted by Gasteiger charge is -2.28. The predicted molar refractivity (Wildman–Crippen MR) is 76.9 cm³/mol. The maximum absolute atomic E-state index is 2.38. The van der Waals surface area contributed by atoms with Gasteiger partial charge in [-0.2, -0.15) is 0 Å². The highest BCUT2D eigenvalue weighted by Gasteiger charge is 2.12. The Morgan fingerprint density at radius 2 is 1.76 bits per heavy atom. The first-order valence-corrected chi connectivity index (χ1v) is 6.38. The van der Waals surface area contributed by atoms with Crippen LogP contribution in [0.4, 0.5) is 5.69 Å². The first kappa shape index (κ1) is 12.0. The molecule has 0 N–H and O–H groups in total. The summed E-state index contributed by atoms with van der Waals surface area (Å²) in [4.78, 5) is 2.38. The molecule has 0 heterocycles. The van der Waals surface area contributed by atoms with Crippen molar-refractivity contribution in [1.82, 2.24) is 0 Å². The van der Waals surface area contributed by atoms with Gasteiger partial charge in [-0.05, 0) is 31.2 Å². The minimum Gasteiger partial charge on any atom is -0.371 e. The average Bonchev–Trinajstić information content (AvgIpc) is 2.36. The van der Waals surface area contributed by atoms with Gasteiger partial charge in [-0.3, -0.25) is 0 Å². The summed E-state index contributed by atoms with van der Waals surface area (Å²) >= 11 is 0. The van der Waals surface area contributed by atoms with Crippen molar-refractivity contribution in [2.45, 2.75) is 33.2 Å². The smallest absolute Gasteiger partial charge is 0.0478 e. The Hall–Kier alpha value is -1.50. The number of aryl methyl sites for hydroxylation is 1. The summed E-state index contributed by atoms with van der Waals surface area (Å²) in [5, 5.41) is 2.69. The van der Waals surface area contributed by atoms with Crippen LogP contribution in [0.15, 0.2) is 36.4 Å². The topological polar surface area (TPSA) is 3.24 Å². The van der Waals surface area contributed by atoms with E-state index in [1.165, 1.54) is 22.0 Å². The zero-order valence-electron chi connectivity index (χ0n) is 11.2. The van der Waals surface area contributed by atoms with Crippen LogP contribution < -0.4 is 4.90 Å². The van der Waals surface area contributed by atoms with Gasteiger partial charge in [-0.15, -0.1) is 0 Å². The van der Waals surface area contributed by atoms with Crippen molar-refractivity contribution >= 4 is 16.5 Å². The van der Waals surface area contributed by atoms with E-state index in [1.807, 2.05) is 0 Å². The van der Waals surface area contributed by atoms with Crippen LogP contribution in [0.2, 0.25) is 0 Å². The molecule has 0 radical (unpaired) electrons. The second kappa shape index (κ2) is 4.79. The molecule has 0 saturated heterocycles. The zero-order chi connectivity index (χ0) is 12.4. The first-order chi connectivity index (χ1) is 8.15. The molecule has 0 bridgehead atoms. The molecule has 2 rings (SSSR count). The van der Waals surface area contributed by atoms with Gasteiger partial charge in [-0.1, -0.05) is 43.3 Å². The lowest BCUT2D eigenvalue weighted by Crippen LogP contribution is -2.26. The van der Waals surface area contributed by atoms with Crippen LogP contribution in [0.25, 0.3) is 10.8 Å². The Morgan fingerprint density at radius 3 is 2.41 bits per heavy atom. The third-order valence-corrected chi connectivity index (χ3v) is 3.49. The van der Waals surface area contributed by atoms with Crippen molar-refractivity contribution in [3.8, 4) is 0 Å². The Balaban J connectivity index is 2.71. The van der Waals surface area contributed by atoms with E-state index in [-0.39, 0.29) is 0 Å². The molecule has 0 saturated carbocycles. The van der Waals surface area contributed by atoms with Crippen molar-refractivity contribution in [2.75, 3.05) is 11.9 Å². The zero-order valence-corrected chi connectivity index (χ0v) is 11.2. The fourth-order valence-electron chi connectivity index (χ4n) is 2.26. The summed E-state index contributed by atoms with van der Waals surface area (Å²) in [5.41, 5.74) is 2.82. The average molecular weight is 227 g/mol. The van der Waals surface area contributed by atoms with Crippen LogP contribution in [0.5, 0.6) is 0 Å². The number of benzene rings is 2. The number of rotatable bonds is 3. The van der Waals surface area contributed by atoms with Crippen molar-refractivity contribution < 1.29 is 0 Å². The number of anilines is 1. The van der Waals surface area contributed by atoms with Gasteiger partial charge < -0.3 is 4.90 Å². The highest BCUT2D eigenvalue weighted by atomic mass is 15.1. The summed E-state index contributed by atoms with van der Waals surface area (Å²) in [7, 11) is 2.19. The second-order valence-corrected chi connectivity index (χ2v) is 4.85. The molecule has 2 aromatic carbocycles. The highest BCUT2D eigenvalue weighted by Crippen LogP contribution is 2.31. The van der Waals surface area contributed by atoms with Crippen LogP contribution in [0.3, 0.4) is 0 Å². The van der Waals surface area contributed by atoms with E-state index in [1.54, 1.807) is 0 Å². The van der Waals surface area contributed by atoms with Crippen LogP contribution in [0, 0.1) is 0 Å². The molecule has 0 amide bonds. The summed E-state index contributed by atoms with van der Waals surface area (Å²) in [5.74, 6) is 0. The fourth-order valence-corrected chi connectivity index (χ4v) is 2.26. The molecule has 0 spiro atoms. The van der Waals surface area contributed by atoms with Crippen LogP contribution in [-0.4, -0.2) is 13.1 Å². The number of fused-ring (bicyclic) bond motifs is 1. The molecule has 1 nitrogen and oxygen atoms in total. The standard InChI is InChI=1S/C16H21N/c1-5-13-10-11-14-8-6-7-9-15(14)16(13)17(4)12(2)3/h6-12H,5H2,1-4H3. The minimum absolute atomic E-state index is 0.520. The summed E-state index contributed by atoms with van der Waals surface area (Å²) < 4.78 is 0. The predicted octanol–water partition coefficient (Wildman–Crippen LogP) is 4.25. The van der Waals surface area contributed by atoms with E-state index in [0.717, 1.165) is 6.42 Å². The molecule has 0 aliphatic heterocycles. The molecule has 0 atom stereocenters. The number of hydrogen-bond donors (Lipinski definition) is 0. The number of nitrogens with zero attached hydrogens (tertiary/aromatic N) is 1. The third kappa shape index (κ3) is 2.14. The fraction of sp³-hybridized carbons (Fsp3) is 0.375. The normalized spacial score (nSPS) is 11.1. The van der Waals surface area contributed by atoms with Gasteiger partial charge in [0.05, 0.1) is 0 Å². The molecule has 0 aliphatic carbocycles. The molecule has 17 heavy (non-hydrogen) atoms. The van der Waals surface area contributed by atoms with E-state index >= 15 is 0 Å². The quantitative estimate of drug-likeness (QED) is 0.757. The van der Waals surface area contributed by atoms with E-state index < -0.39 is 0 Å². The van der Waals surface area contributed by atoms with Gasteiger partial charge >= 0.3 is 0 Å². The molecule has 0 unspecified atom stereocenters. The van der Waals surface area contributed by atoms with Crippen LogP contribution in [0.1, 0.15) is 26.3 Å². The first-order valence-electron chi connectivity index (χ1n) is 6.38. The van der Waals surface area contributed by atoms with Gasteiger partial charge in [0.25, 0.3) is 0 Å². The van der Waals surface area contributed by atoms with Gasteiger partial charge in [0, 0.05) is 24.2 Å². The van der Waals surface area contributed by atoms with E-state index in [0.29, 0.717) is 6.04 Å². The molecule has 90 valence electrons. The second-order valence-electron chi connectivity index (χ2n) is 4.85. The van der Waals surface area contributed by atoms with Crippen molar-refractivity contribution in [1.29, 1.82) is 0 Å². The maximum Gasteiger partial charge on any atom is 0.0478 e. The largest absolute Gasteiger partial charge is 0.371 e. The maximum atomic E-state index is 2.38. The molecule has 0 fully saturated rings. The molecule has 2 aromatic rings. The minimum atomic E-state index is 0.520. The summed E-state index contributed by atoms with van der Waals surface area (Å²) in [6.07, 6.45) is 1.08. The van der Waals surface area contributed by atoms with Gasteiger partial charge in [-0.25, -0.2) is 0 Å². The van der Waals surface area contributed by atoms with E-state index in [4.69, 9.17) is 0 Å². The number of hydrogen-bond acceptors (Lipinski definition) is 1. The molecular formula is C16H21N. The molecule has 0 aliphatic rings. The van der Waals surface area contributed by atoms with E-state index in [2.05, 4.69) is 69.1 Å². The Bertz CT molecular complexity index is 514.